The first-order valence-corrected chi connectivity index (χ1v) is 10.9. The first kappa shape index (κ1) is 22.7. The van der Waals surface area contributed by atoms with Gasteiger partial charge in [-0.2, -0.15) is 0 Å². The van der Waals surface area contributed by atoms with E-state index in [1.54, 1.807) is 6.07 Å². The van der Waals surface area contributed by atoms with Gasteiger partial charge in [-0.05, 0) is 27.8 Å². The van der Waals surface area contributed by atoms with Crippen molar-refractivity contribution < 1.29 is 29.2 Å². The Balaban J connectivity index is 0.00000124. The molecular formula is C23H27FO5S. The van der Waals surface area contributed by atoms with Gasteiger partial charge in [0.1, 0.15) is 24.1 Å². The van der Waals surface area contributed by atoms with Crippen LogP contribution in [-0.2, 0) is 11.2 Å². The van der Waals surface area contributed by atoms with Crippen LogP contribution in [0.3, 0.4) is 0 Å². The van der Waals surface area contributed by atoms with E-state index in [0.29, 0.717) is 12.2 Å². The Labute approximate surface area is 179 Å². The maximum atomic E-state index is 13.9. The van der Waals surface area contributed by atoms with Gasteiger partial charge in [0.2, 0.25) is 6.29 Å². The average molecular weight is 435 g/mol. The fourth-order valence-electron chi connectivity index (χ4n) is 3.36. The molecule has 0 radical (unpaired) electrons. The Morgan fingerprint density at radius 1 is 1.03 bits per heavy atom. The van der Waals surface area contributed by atoms with Crippen LogP contribution in [0, 0.1) is 0 Å². The van der Waals surface area contributed by atoms with Crippen LogP contribution in [0.4, 0.5) is 4.39 Å². The summed E-state index contributed by atoms with van der Waals surface area (Å²) in [5.74, 6) is 0.503. The van der Waals surface area contributed by atoms with E-state index in [0.717, 1.165) is 21.2 Å². The van der Waals surface area contributed by atoms with E-state index in [4.69, 9.17) is 9.47 Å². The van der Waals surface area contributed by atoms with Gasteiger partial charge >= 0.3 is 0 Å². The van der Waals surface area contributed by atoms with Crippen LogP contribution in [-0.4, -0.2) is 52.7 Å². The molecule has 162 valence electrons. The fraction of sp³-hybridized carbons (Fsp3) is 0.391. The second kappa shape index (κ2) is 10.3. The lowest BCUT2D eigenvalue weighted by Gasteiger charge is -2.38. The van der Waals surface area contributed by atoms with Crippen molar-refractivity contribution in [3.05, 3.63) is 64.4 Å². The van der Waals surface area contributed by atoms with E-state index >= 15 is 0 Å². The second-order valence-electron chi connectivity index (χ2n) is 6.84. The predicted molar refractivity (Wildman–Crippen MR) is 116 cm³/mol. The van der Waals surface area contributed by atoms with Gasteiger partial charge in [0.15, 0.2) is 6.17 Å². The molecule has 30 heavy (non-hydrogen) atoms. The standard InChI is InChI=1S/C21H21FO5S.C2H6/c22-18-16(11-23)27-21(20(25)19(18)24)26-15-7-8-28-17(15)10-12-5-6-13-3-1-2-4-14(13)9-12;1-2/h1-9,16,18-21,23-25H,10-11H2;1-2H3. The van der Waals surface area contributed by atoms with Crippen LogP contribution in [0.2, 0.25) is 0 Å². The van der Waals surface area contributed by atoms with Crippen molar-refractivity contribution in [3.8, 4) is 5.75 Å². The summed E-state index contributed by atoms with van der Waals surface area (Å²) in [7, 11) is 0. The number of aliphatic hydroxyl groups excluding tert-OH is 3. The molecular weight excluding hydrogens is 407 g/mol. The maximum Gasteiger partial charge on any atom is 0.229 e. The minimum atomic E-state index is -1.88. The van der Waals surface area contributed by atoms with Crippen LogP contribution >= 0.6 is 11.3 Å². The van der Waals surface area contributed by atoms with Crippen LogP contribution in [0.5, 0.6) is 5.75 Å². The van der Waals surface area contributed by atoms with Gasteiger partial charge in [-0.1, -0.05) is 56.3 Å². The smallest absolute Gasteiger partial charge is 0.229 e. The largest absolute Gasteiger partial charge is 0.461 e. The van der Waals surface area contributed by atoms with E-state index in [-0.39, 0.29) is 0 Å². The van der Waals surface area contributed by atoms with Gasteiger partial charge in [0.25, 0.3) is 0 Å². The topological polar surface area (TPSA) is 79.2 Å². The molecule has 1 saturated heterocycles. The van der Waals surface area contributed by atoms with Crippen LogP contribution in [0.1, 0.15) is 24.3 Å². The third kappa shape index (κ3) is 4.82. The monoisotopic (exact) mass is 434 g/mol. The molecule has 0 bridgehead atoms. The maximum absolute atomic E-state index is 13.9. The number of fused-ring (bicyclic) bond motifs is 1. The Morgan fingerprint density at radius 2 is 1.77 bits per heavy atom. The lowest BCUT2D eigenvalue weighted by molar-refractivity contribution is -0.265. The molecule has 5 atom stereocenters. The molecule has 1 fully saturated rings. The molecule has 1 aromatic heterocycles. The van der Waals surface area contributed by atoms with E-state index in [1.807, 2.05) is 31.4 Å². The zero-order chi connectivity index (χ0) is 21.7. The van der Waals surface area contributed by atoms with Crippen molar-refractivity contribution in [2.24, 2.45) is 0 Å². The molecule has 2 heterocycles. The third-order valence-corrected chi connectivity index (χ3v) is 5.83. The molecule has 5 unspecified atom stereocenters. The quantitative estimate of drug-likeness (QED) is 0.571. The first-order chi connectivity index (χ1) is 14.6. The highest BCUT2D eigenvalue weighted by Gasteiger charge is 2.46. The highest BCUT2D eigenvalue weighted by molar-refractivity contribution is 7.10. The Hall–Kier alpha value is -2.03. The Bertz CT molecular complexity index is 944. The normalized spacial score (nSPS) is 26.1. The second-order valence-corrected chi connectivity index (χ2v) is 7.84. The lowest BCUT2D eigenvalue weighted by Crippen LogP contribution is -2.58. The van der Waals surface area contributed by atoms with Gasteiger partial charge in [-0.25, -0.2) is 4.39 Å². The molecule has 5 nitrogen and oxygen atoms in total. The van der Waals surface area contributed by atoms with E-state index in [2.05, 4.69) is 30.3 Å². The third-order valence-electron chi connectivity index (χ3n) is 4.93. The van der Waals surface area contributed by atoms with Crippen molar-refractivity contribution >= 4 is 22.1 Å². The number of alkyl halides is 1. The van der Waals surface area contributed by atoms with Crippen LogP contribution < -0.4 is 4.74 Å². The van der Waals surface area contributed by atoms with Gasteiger partial charge in [-0.3, -0.25) is 0 Å². The summed E-state index contributed by atoms with van der Waals surface area (Å²) in [5.41, 5.74) is 1.10. The highest BCUT2D eigenvalue weighted by Crippen LogP contribution is 2.32. The Kier molecular flexibility index (Phi) is 7.80. The van der Waals surface area contributed by atoms with Gasteiger partial charge in [-0.15, -0.1) is 11.3 Å². The molecule has 7 heteroatoms. The molecule has 3 aromatic rings. The van der Waals surface area contributed by atoms with E-state index < -0.39 is 37.4 Å². The van der Waals surface area contributed by atoms with Crippen molar-refractivity contribution in [1.29, 1.82) is 0 Å². The molecule has 2 aromatic carbocycles. The van der Waals surface area contributed by atoms with Crippen molar-refractivity contribution in [2.75, 3.05) is 6.61 Å². The summed E-state index contributed by atoms with van der Waals surface area (Å²) >= 11 is 1.50. The number of aliphatic hydroxyl groups is 3. The number of hydrogen-bond acceptors (Lipinski definition) is 6. The van der Waals surface area contributed by atoms with Crippen molar-refractivity contribution in [1.82, 2.24) is 0 Å². The number of ether oxygens (including phenoxy) is 2. The van der Waals surface area contributed by atoms with Crippen molar-refractivity contribution in [2.45, 2.75) is 51.0 Å². The molecule has 0 amide bonds. The number of halogens is 1. The summed E-state index contributed by atoms with van der Waals surface area (Å²) in [6, 6.07) is 16.1. The van der Waals surface area contributed by atoms with Crippen molar-refractivity contribution in [3.63, 3.8) is 0 Å². The van der Waals surface area contributed by atoms with Crippen LogP contribution in [0.15, 0.2) is 53.9 Å². The minimum absolute atomic E-state index is 0.503. The number of thiophene rings is 1. The predicted octanol–water partition coefficient (Wildman–Crippen LogP) is 3.67. The SMILES string of the molecule is CC.OCC1OC(Oc2ccsc2Cc2ccc3ccccc3c2)C(O)C(O)C1F. The number of hydrogen-bond donors (Lipinski definition) is 3. The summed E-state index contributed by atoms with van der Waals surface area (Å²) in [5, 5.41) is 33.4. The molecule has 0 spiro atoms. The summed E-state index contributed by atoms with van der Waals surface area (Å²) in [6.45, 7) is 3.39. The zero-order valence-electron chi connectivity index (χ0n) is 16.9. The molecule has 4 rings (SSSR count). The highest BCUT2D eigenvalue weighted by atomic mass is 32.1. The summed E-state index contributed by atoms with van der Waals surface area (Å²) in [6.07, 6.45) is -6.99. The van der Waals surface area contributed by atoms with Gasteiger partial charge < -0.3 is 24.8 Å². The van der Waals surface area contributed by atoms with Gasteiger partial charge in [0.05, 0.1) is 11.5 Å². The molecule has 0 aliphatic carbocycles. The van der Waals surface area contributed by atoms with Gasteiger partial charge in [0, 0.05) is 6.42 Å². The van der Waals surface area contributed by atoms with E-state index in [9.17, 15) is 19.7 Å². The first-order valence-electron chi connectivity index (χ1n) is 10.0. The van der Waals surface area contributed by atoms with E-state index in [1.165, 1.54) is 11.3 Å². The number of benzene rings is 2. The molecule has 1 aliphatic heterocycles. The molecule has 3 N–H and O–H groups in total. The fourth-order valence-corrected chi connectivity index (χ4v) is 4.20. The average Bonchev–Trinajstić information content (AvgIpc) is 3.22. The minimum Gasteiger partial charge on any atom is -0.461 e. The number of rotatable bonds is 5. The van der Waals surface area contributed by atoms with Crippen LogP contribution in [0.25, 0.3) is 10.8 Å². The summed E-state index contributed by atoms with van der Waals surface area (Å²) in [4.78, 5) is 0.920. The zero-order valence-corrected chi connectivity index (χ0v) is 17.8. The molecule has 0 saturated carbocycles. The Morgan fingerprint density at radius 3 is 2.50 bits per heavy atom. The summed E-state index contributed by atoms with van der Waals surface area (Å²) < 4.78 is 25.0. The molecule has 1 aliphatic rings. The lowest BCUT2D eigenvalue weighted by atomic mass is 10.0.